The summed E-state index contributed by atoms with van der Waals surface area (Å²) in [5.74, 6) is 0. The van der Waals surface area contributed by atoms with Gasteiger partial charge in [-0.15, -0.1) is 11.3 Å². The molecule has 1 aromatic heterocycles. The van der Waals surface area contributed by atoms with Crippen LogP contribution in [0.15, 0.2) is 28.2 Å². The number of aryl methyl sites for hydroxylation is 1. The van der Waals surface area contributed by atoms with Crippen LogP contribution in [0.25, 0.3) is 0 Å². The standard InChI is InChI=1S/C4H5NO.C4H5NS.CH4/c1-2-5-4-6-3-1;1-4-2-6-3-5-4;/h1-2,4H,3H2;2-3H,1H3;1H4. The molecule has 0 radical (unpaired) electrons. The lowest BCUT2D eigenvalue weighted by molar-refractivity contribution is 0.362. The van der Waals surface area contributed by atoms with E-state index < -0.39 is 0 Å². The van der Waals surface area contributed by atoms with Crippen LogP contribution in [0.1, 0.15) is 13.1 Å². The molecular formula is C9H14N2OS. The summed E-state index contributed by atoms with van der Waals surface area (Å²) >= 11 is 1.63. The molecule has 0 bridgehead atoms. The van der Waals surface area contributed by atoms with Gasteiger partial charge in [0.05, 0.1) is 5.51 Å². The Hall–Kier alpha value is -1.16. The minimum atomic E-state index is 0. The summed E-state index contributed by atoms with van der Waals surface area (Å²) in [6.07, 6.45) is 4.99. The van der Waals surface area contributed by atoms with Gasteiger partial charge in [0.2, 0.25) is 0 Å². The first-order valence-electron chi connectivity index (χ1n) is 3.52. The van der Waals surface area contributed by atoms with Crippen molar-refractivity contribution in [1.82, 2.24) is 4.98 Å². The molecule has 2 heterocycles. The van der Waals surface area contributed by atoms with Gasteiger partial charge in [-0.25, -0.2) is 4.99 Å². The lowest BCUT2D eigenvalue weighted by atomic mass is 10.6. The van der Waals surface area contributed by atoms with E-state index in [0.717, 1.165) is 5.69 Å². The first-order chi connectivity index (χ1) is 5.89. The van der Waals surface area contributed by atoms with Crippen LogP contribution in [0.4, 0.5) is 0 Å². The summed E-state index contributed by atoms with van der Waals surface area (Å²) in [7, 11) is 0. The minimum absolute atomic E-state index is 0. The third-order valence-corrected chi connectivity index (χ3v) is 1.78. The van der Waals surface area contributed by atoms with Crippen LogP contribution in [-0.4, -0.2) is 18.0 Å². The summed E-state index contributed by atoms with van der Waals surface area (Å²) in [6, 6.07) is 0. The van der Waals surface area contributed by atoms with Crippen LogP contribution in [0, 0.1) is 6.92 Å². The topological polar surface area (TPSA) is 34.5 Å². The highest BCUT2D eigenvalue weighted by Crippen LogP contribution is 1.95. The van der Waals surface area contributed by atoms with Crippen molar-refractivity contribution in [3.63, 3.8) is 0 Å². The number of thiazole rings is 1. The maximum absolute atomic E-state index is 4.69. The Labute approximate surface area is 82.8 Å². The van der Waals surface area contributed by atoms with Crippen LogP contribution in [0.5, 0.6) is 0 Å². The molecule has 1 aliphatic heterocycles. The molecule has 0 aliphatic carbocycles. The fraction of sp³-hybridized carbons (Fsp3) is 0.333. The first kappa shape index (κ1) is 11.8. The molecular weight excluding hydrogens is 184 g/mol. The fourth-order valence-electron chi connectivity index (χ4n) is 0.554. The molecule has 0 saturated carbocycles. The van der Waals surface area contributed by atoms with Gasteiger partial charge < -0.3 is 4.74 Å². The van der Waals surface area contributed by atoms with Gasteiger partial charge in [-0.1, -0.05) is 7.43 Å². The average Bonchev–Trinajstić information content (AvgIpc) is 2.60. The molecule has 72 valence electrons. The molecule has 4 heteroatoms. The zero-order chi connectivity index (χ0) is 8.65. The number of aromatic nitrogens is 1. The van der Waals surface area contributed by atoms with E-state index in [2.05, 4.69) is 9.98 Å². The van der Waals surface area contributed by atoms with Crippen LogP contribution < -0.4 is 0 Å². The predicted molar refractivity (Wildman–Crippen MR) is 57.2 cm³/mol. The van der Waals surface area contributed by atoms with Gasteiger partial charge in [0.25, 0.3) is 0 Å². The molecule has 1 aromatic rings. The van der Waals surface area contributed by atoms with Gasteiger partial charge in [0.15, 0.2) is 6.40 Å². The molecule has 0 unspecified atom stereocenters. The molecule has 2 rings (SSSR count). The molecule has 1 aliphatic rings. The molecule has 0 N–H and O–H groups in total. The minimum Gasteiger partial charge on any atom is -0.479 e. The summed E-state index contributed by atoms with van der Waals surface area (Å²) in [5, 5.41) is 2.01. The van der Waals surface area contributed by atoms with Crippen molar-refractivity contribution in [2.45, 2.75) is 14.4 Å². The van der Waals surface area contributed by atoms with Gasteiger partial charge in [-0.3, -0.25) is 4.98 Å². The Balaban J connectivity index is 0.000000206. The third-order valence-electron chi connectivity index (χ3n) is 1.08. The predicted octanol–water partition coefficient (Wildman–Crippen LogP) is 2.65. The van der Waals surface area contributed by atoms with Gasteiger partial charge >= 0.3 is 0 Å². The Bertz CT molecular complexity index is 243. The van der Waals surface area contributed by atoms with E-state index in [0.29, 0.717) is 6.61 Å². The molecule has 0 atom stereocenters. The number of hydrogen-bond donors (Lipinski definition) is 0. The number of ether oxygens (including phenoxy) is 1. The molecule has 0 amide bonds. The summed E-state index contributed by atoms with van der Waals surface area (Å²) in [4.78, 5) is 7.58. The monoisotopic (exact) mass is 198 g/mol. The highest BCUT2D eigenvalue weighted by atomic mass is 32.1. The first-order valence-corrected chi connectivity index (χ1v) is 4.47. The molecule has 0 saturated heterocycles. The molecule has 3 nitrogen and oxygen atoms in total. The molecule has 0 spiro atoms. The van der Waals surface area contributed by atoms with Crippen molar-refractivity contribution >= 4 is 17.7 Å². The molecule has 0 aromatic carbocycles. The Morgan fingerprint density at radius 3 is 2.54 bits per heavy atom. The zero-order valence-electron chi connectivity index (χ0n) is 6.80. The lowest BCUT2D eigenvalue weighted by Crippen LogP contribution is -1.89. The van der Waals surface area contributed by atoms with Gasteiger partial charge in [0.1, 0.15) is 6.61 Å². The highest BCUT2D eigenvalue weighted by Gasteiger charge is 1.76. The third kappa shape index (κ3) is 6.04. The average molecular weight is 198 g/mol. The van der Waals surface area contributed by atoms with Crippen molar-refractivity contribution in [3.05, 3.63) is 28.9 Å². The van der Waals surface area contributed by atoms with Crippen molar-refractivity contribution < 1.29 is 4.74 Å². The van der Waals surface area contributed by atoms with Crippen LogP contribution in [0.2, 0.25) is 0 Å². The van der Waals surface area contributed by atoms with Crippen LogP contribution in [0.3, 0.4) is 0 Å². The second-order valence-electron chi connectivity index (χ2n) is 2.10. The van der Waals surface area contributed by atoms with Gasteiger partial charge in [-0.2, -0.15) is 0 Å². The van der Waals surface area contributed by atoms with E-state index in [4.69, 9.17) is 4.74 Å². The second kappa shape index (κ2) is 7.49. The van der Waals surface area contributed by atoms with Crippen molar-refractivity contribution in [2.75, 3.05) is 6.61 Å². The molecule has 13 heavy (non-hydrogen) atoms. The fourth-order valence-corrected chi connectivity index (χ4v) is 1.10. The maximum atomic E-state index is 4.69. The van der Waals surface area contributed by atoms with Crippen molar-refractivity contribution in [1.29, 1.82) is 0 Å². The van der Waals surface area contributed by atoms with E-state index in [1.807, 2.05) is 23.9 Å². The van der Waals surface area contributed by atoms with Crippen LogP contribution in [-0.2, 0) is 4.74 Å². The number of nitrogens with zero attached hydrogens (tertiary/aromatic N) is 2. The normalized spacial score (nSPS) is 12.1. The zero-order valence-corrected chi connectivity index (χ0v) is 7.62. The Morgan fingerprint density at radius 1 is 1.54 bits per heavy atom. The van der Waals surface area contributed by atoms with E-state index >= 15 is 0 Å². The van der Waals surface area contributed by atoms with E-state index in [1.165, 1.54) is 6.40 Å². The van der Waals surface area contributed by atoms with E-state index in [1.54, 1.807) is 17.5 Å². The quantitative estimate of drug-likeness (QED) is 0.642. The number of hydrogen-bond acceptors (Lipinski definition) is 4. The summed E-state index contributed by atoms with van der Waals surface area (Å²) in [5.41, 5.74) is 2.94. The second-order valence-corrected chi connectivity index (χ2v) is 2.82. The highest BCUT2D eigenvalue weighted by molar-refractivity contribution is 7.07. The smallest absolute Gasteiger partial charge is 0.174 e. The SMILES string of the molecule is C.C1=CN=COC1.Cc1cscn1. The summed E-state index contributed by atoms with van der Waals surface area (Å²) in [6.45, 7) is 2.65. The van der Waals surface area contributed by atoms with E-state index in [9.17, 15) is 0 Å². The Kier molecular flexibility index (Phi) is 6.82. The summed E-state index contributed by atoms with van der Waals surface area (Å²) < 4.78 is 4.69. The number of aliphatic imine (C=N–C) groups is 1. The van der Waals surface area contributed by atoms with Crippen molar-refractivity contribution in [3.8, 4) is 0 Å². The maximum Gasteiger partial charge on any atom is 0.174 e. The van der Waals surface area contributed by atoms with Gasteiger partial charge in [0, 0.05) is 17.3 Å². The Morgan fingerprint density at radius 2 is 2.38 bits per heavy atom. The van der Waals surface area contributed by atoms with Crippen LogP contribution >= 0.6 is 11.3 Å². The van der Waals surface area contributed by atoms with Crippen molar-refractivity contribution in [2.24, 2.45) is 4.99 Å². The lowest BCUT2D eigenvalue weighted by Gasteiger charge is -1.93. The number of rotatable bonds is 0. The van der Waals surface area contributed by atoms with Gasteiger partial charge in [-0.05, 0) is 13.0 Å². The largest absolute Gasteiger partial charge is 0.479 e. The molecule has 0 fully saturated rings. The van der Waals surface area contributed by atoms with E-state index in [-0.39, 0.29) is 7.43 Å².